The number of morpholine rings is 1. The maximum absolute atomic E-state index is 10.1. The van der Waals surface area contributed by atoms with E-state index in [0.29, 0.717) is 0 Å². The Kier molecular flexibility index (Phi) is 4.07. The number of anilines is 1. The van der Waals surface area contributed by atoms with Crippen molar-refractivity contribution >= 4 is 27.4 Å². The Balaban J connectivity index is 1.60. The molecule has 1 aromatic carbocycles. The van der Waals surface area contributed by atoms with Gasteiger partial charge in [-0.1, -0.05) is 30.3 Å². The summed E-state index contributed by atoms with van der Waals surface area (Å²) in [6.07, 6.45) is 4.16. The molecule has 3 aromatic rings. The molecule has 3 heterocycles. The topological polar surface area (TPSA) is 62.0 Å². The monoisotopic (exact) mass is 376 g/mol. The van der Waals surface area contributed by atoms with Crippen molar-refractivity contribution in [1.82, 2.24) is 9.97 Å². The molecule has 136 valence electrons. The summed E-state index contributed by atoms with van der Waals surface area (Å²) in [5.41, 5.74) is 2.02. The van der Waals surface area contributed by atoms with E-state index in [1.165, 1.54) is 15.8 Å². The van der Waals surface area contributed by atoms with Crippen molar-refractivity contribution in [3.63, 3.8) is 0 Å². The number of aromatic nitrogens is 2. The number of thiophene rings is 1. The standard InChI is InChI=1S/C21H20N4OS/c22-13-21(15-4-2-1-3-5-15)7-6-16-17(12-21)27-20-18(16)19(23-14-24-20)25-8-10-26-11-9-25/h1-5,14H,6-12H2. The van der Waals surface area contributed by atoms with Crippen LogP contribution in [0.15, 0.2) is 36.7 Å². The fourth-order valence-electron chi connectivity index (χ4n) is 4.31. The van der Waals surface area contributed by atoms with Crippen LogP contribution in [0.25, 0.3) is 10.2 Å². The van der Waals surface area contributed by atoms with Crippen LogP contribution < -0.4 is 4.90 Å². The normalized spacial score (nSPS) is 22.4. The Labute approximate surface area is 162 Å². The van der Waals surface area contributed by atoms with E-state index in [4.69, 9.17) is 4.74 Å². The van der Waals surface area contributed by atoms with Gasteiger partial charge in [-0.2, -0.15) is 5.26 Å². The van der Waals surface area contributed by atoms with Crippen LogP contribution >= 0.6 is 11.3 Å². The molecule has 0 spiro atoms. The molecule has 27 heavy (non-hydrogen) atoms. The minimum absolute atomic E-state index is 0.443. The van der Waals surface area contributed by atoms with E-state index in [0.717, 1.165) is 61.8 Å². The third-order valence-electron chi connectivity index (χ3n) is 5.77. The molecule has 2 aliphatic rings. The van der Waals surface area contributed by atoms with Crippen LogP contribution in [0.2, 0.25) is 0 Å². The lowest BCUT2D eigenvalue weighted by molar-refractivity contribution is 0.122. The summed E-state index contributed by atoms with van der Waals surface area (Å²) in [6.45, 7) is 3.21. The third kappa shape index (κ3) is 2.70. The summed E-state index contributed by atoms with van der Waals surface area (Å²) in [6, 6.07) is 12.9. The van der Waals surface area contributed by atoms with Crippen molar-refractivity contribution in [3.05, 3.63) is 52.7 Å². The van der Waals surface area contributed by atoms with Crippen LogP contribution in [0, 0.1) is 11.3 Å². The highest BCUT2D eigenvalue weighted by Crippen LogP contribution is 2.45. The largest absolute Gasteiger partial charge is 0.378 e. The summed E-state index contributed by atoms with van der Waals surface area (Å²) < 4.78 is 5.50. The van der Waals surface area contributed by atoms with Gasteiger partial charge in [-0.25, -0.2) is 9.97 Å². The lowest BCUT2D eigenvalue weighted by Gasteiger charge is -2.32. The van der Waals surface area contributed by atoms with Gasteiger partial charge in [-0.15, -0.1) is 11.3 Å². The van der Waals surface area contributed by atoms with Gasteiger partial charge >= 0.3 is 0 Å². The first kappa shape index (κ1) is 16.7. The molecule has 1 unspecified atom stereocenters. The minimum Gasteiger partial charge on any atom is -0.378 e. The second-order valence-corrected chi connectivity index (χ2v) is 8.30. The van der Waals surface area contributed by atoms with Crippen LogP contribution in [-0.4, -0.2) is 36.3 Å². The molecule has 5 nitrogen and oxygen atoms in total. The highest BCUT2D eigenvalue weighted by molar-refractivity contribution is 7.19. The first-order chi connectivity index (χ1) is 13.3. The Bertz CT molecular complexity index is 1020. The van der Waals surface area contributed by atoms with Gasteiger partial charge in [-0.3, -0.25) is 0 Å². The molecule has 2 aromatic heterocycles. The molecule has 1 saturated heterocycles. The molecule has 0 saturated carbocycles. The number of rotatable bonds is 2. The van der Waals surface area contributed by atoms with Crippen LogP contribution in [-0.2, 0) is 23.0 Å². The van der Waals surface area contributed by atoms with Crippen LogP contribution in [0.1, 0.15) is 22.4 Å². The predicted octanol–water partition coefficient (Wildman–Crippen LogP) is 3.48. The Morgan fingerprint density at radius 3 is 2.74 bits per heavy atom. The number of aryl methyl sites for hydroxylation is 1. The fourth-order valence-corrected chi connectivity index (χ4v) is 5.60. The Hall–Kier alpha value is -2.49. The number of fused-ring (bicyclic) bond motifs is 3. The minimum atomic E-state index is -0.443. The zero-order valence-electron chi connectivity index (χ0n) is 15.0. The molecular formula is C21H20N4OS. The fraction of sp³-hybridized carbons (Fsp3) is 0.381. The average molecular weight is 376 g/mol. The molecule has 1 atom stereocenters. The van der Waals surface area contributed by atoms with E-state index < -0.39 is 5.41 Å². The van der Waals surface area contributed by atoms with E-state index >= 15 is 0 Å². The molecule has 5 rings (SSSR count). The summed E-state index contributed by atoms with van der Waals surface area (Å²) >= 11 is 1.73. The Morgan fingerprint density at radius 2 is 1.96 bits per heavy atom. The summed E-state index contributed by atoms with van der Waals surface area (Å²) in [4.78, 5) is 13.8. The highest BCUT2D eigenvalue weighted by atomic mass is 32.1. The van der Waals surface area contributed by atoms with Crippen molar-refractivity contribution in [2.75, 3.05) is 31.2 Å². The van der Waals surface area contributed by atoms with E-state index in [9.17, 15) is 5.26 Å². The van der Waals surface area contributed by atoms with Crippen molar-refractivity contribution in [2.45, 2.75) is 24.7 Å². The van der Waals surface area contributed by atoms with Crippen molar-refractivity contribution in [3.8, 4) is 6.07 Å². The Morgan fingerprint density at radius 1 is 1.15 bits per heavy atom. The first-order valence-electron chi connectivity index (χ1n) is 9.35. The van der Waals surface area contributed by atoms with Crippen molar-refractivity contribution in [1.29, 1.82) is 5.26 Å². The van der Waals surface area contributed by atoms with Gasteiger partial charge in [-0.05, 0) is 24.0 Å². The maximum Gasteiger partial charge on any atom is 0.141 e. The third-order valence-corrected chi connectivity index (χ3v) is 6.91. The molecule has 1 fully saturated rings. The molecule has 0 radical (unpaired) electrons. The number of nitriles is 1. The molecule has 1 aliphatic carbocycles. The van der Waals surface area contributed by atoms with Gasteiger partial charge in [0.1, 0.15) is 17.0 Å². The number of hydrogen-bond acceptors (Lipinski definition) is 6. The zero-order valence-corrected chi connectivity index (χ0v) is 15.8. The lowest BCUT2D eigenvalue weighted by atomic mass is 9.70. The highest BCUT2D eigenvalue weighted by Gasteiger charge is 2.38. The molecular weight excluding hydrogens is 356 g/mol. The average Bonchev–Trinajstić information content (AvgIpc) is 3.12. The number of nitrogens with zero attached hydrogens (tertiary/aromatic N) is 4. The summed E-state index contributed by atoms with van der Waals surface area (Å²) in [5, 5.41) is 11.3. The number of hydrogen-bond donors (Lipinski definition) is 0. The van der Waals surface area contributed by atoms with Crippen molar-refractivity contribution in [2.24, 2.45) is 0 Å². The predicted molar refractivity (Wildman–Crippen MR) is 106 cm³/mol. The lowest BCUT2D eigenvalue weighted by Crippen LogP contribution is -2.37. The smallest absolute Gasteiger partial charge is 0.141 e. The van der Waals surface area contributed by atoms with Gasteiger partial charge in [0.2, 0.25) is 0 Å². The van der Waals surface area contributed by atoms with Gasteiger partial charge in [0.15, 0.2) is 0 Å². The summed E-state index contributed by atoms with van der Waals surface area (Å²) in [5.74, 6) is 1.03. The SMILES string of the molecule is N#CC1(c2ccccc2)CCc2c(sc3ncnc(N4CCOCC4)c23)C1. The van der Waals surface area contributed by atoms with E-state index in [2.05, 4.69) is 33.1 Å². The van der Waals surface area contributed by atoms with Gasteiger partial charge in [0, 0.05) is 24.4 Å². The second kappa shape index (κ2) is 6.59. The molecule has 1 aliphatic heterocycles. The second-order valence-electron chi connectivity index (χ2n) is 7.22. The first-order valence-corrected chi connectivity index (χ1v) is 10.2. The van der Waals surface area contributed by atoms with Gasteiger partial charge in [0.05, 0.1) is 30.1 Å². The zero-order chi connectivity index (χ0) is 18.3. The maximum atomic E-state index is 10.1. The van der Waals surface area contributed by atoms with E-state index in [1.807, 2.05) is 18.2 Å². The molecule has 0 amide bonds. The van der Waals surface area contributed by atoms with E-state index in [1.54, 1.807) is 17.7 Å². The molecule has 6 heteroatoms. The van der Waals surface area contributed by atoms with Crippen LogP contribution in [0.5, 0.6) is 0 Å². The van der Waals surface area contributed by atoms with Crippen molar-refractivity contribution < 1.29 is 4.74 Å². The number of ether oxygens (including phenoxy) is 1. The summed E-state index contributed by atoms with van der Waals surface area (Å²) in [7, 11) is 0. The quantitative estimate of drug-likeness (QED) is 0.685. The molecule has 0 N–H and O–H groups in total. The van der Waals surface area contributed by atoms with Crippen LogP contribution in [0.3, 0.4) is 0 Å². The van der Waals surface area contributed by atoms with Gasteiger partial charge in [0.25, 0.3) is 0 Å². The molecule has 0 bridgehead atoms. The van der Waals surface area contributed by atoms with E-state index in [-0.39, 0.29) is 0 Å². The van der Waals surface area contributed by atoms with Gasteiger partial charge < -0.3 is 9.64 Å². The van der Waals surface area contributed by atoms with Crippen LogP contribution in [0.4, 0.5) is 5.82 Å². The number of benzene rings is 1.